The molecule has 0 aromatic carbocycles. The molecule has 0 spiro atoms. The first-order valence-corrected chi connectivity index (χ1v) is 5.42. The van der Waals surface area contributed by atoms with Crippen LogP contribution in [0.3, 0.4) is 0 Å². The maximum absolute atomic E-state index is 9.15. The van der Waals surface area contributed by atoms with Crippen molar-refractivity contribution in [3.05, 3.63) is 34.2 Å². The molecule has 0 aliphatic carbocycles. The summed E-state index contributed by atoms with van der Waals surface area (Å²) in [6.45, 7) is -0.0536. The number of nitrogens with zero attached hydrogens (tertiary/aromatic N) is 2. The average molecular weight is 271 g/mol. The van der Waals surface area contributed by atoms with E-state index in [-0.39, 0.29) is 13.2 Å². The van der Waals surface area contributed by atoms with Crippen LogP contribution in [0, 0.1) is 0 Å². The third-order valence-corrected chi connectivity index (χ3v) is 2.73. The van der Waals surface area contributed by atoms with Crippen LogP contribution < -0.4 is 0 Å². The zero-order valence-corrected chi connectivity index (χ0v) is 9.61. The van der Waals surface area contributed by atoms with Gasteiger partial charge in [0.2, 0.25) is 0 Å². The fourth-order valence-electron chi connectivity index (χ4n) is 1.61. The summed E-state index contributed by atoms with van der Waals surface area (Å²) in [5, 5.41) is 18.1. The minimum atomic E-state index is -0.103. The van der Waals surface area contributed by atoms with Gasteiger partial charge in [-0.15, -0.1) is 0 Å². The first kappa shape index (κ1) is 10.6. The van der Waals surface area contributed by atoms with E-state index in [4.69, 9.17) is 10.2 Å². The maximum atomic E-state index is 9.15. The number of aromatic nitrogens is 2. The molecule has 2 aromatic rings. The highest BCUT2D eigenvalue weighted by molar-refractivity contribution is 9.10. The van der Waals surface area contributed by atoms with Crippen molar-refractivity contribution in [1.29, 1.82) is 0 Å². The van der Waals surface area contributed by atoms with Gasteiger partial charge >= 0.3 is 0 Å². The SMILES string of the molecule is OCCc1c(CO)nc2ccc(Br)cn12. The van der Waals surface area contributed by atoms with Gasteiger partial charge in [0.25, 0.3) is 0 Å². The summed E-state index contributed by atoms with van der Waals surface area (Å²) in [7, 11) is 0. The molecular formula is C10H11BrN2O2. The van der Waals surface area contributed by atoms with Gasteiger partial charge < -0.3 is 14.6 Å². The van der Waals surface area contributed by atoms with Crippen molar-refractivity contribution in [1.82, 2.24) is 9.38 Å². The molecule has 0 fully saturated rings. The van der Waals surface area contributed by atoms with E-state index in [1.807, 2.05) is 22.7 Å². The number of pyridine rings is 1. The number of hydrogen-bond donors (Lipinski definition) is 2. The lowest BCUT2D eigenvalue weighted by molar-refractivity contribution is 0.271. The fraction of sp³-hybridized carbons (Fsp3) is 0.300. The Morgan fingerprint density at radius 3 is 2.80 bits per heavy atom. The number of imidazole rings is 1. The lowest BCUT2D eigenvalue weighted by atomic mass is 10.2. The smallest absolute Gasteiger partial charge is 0.137 e. The van der Waals surface area contributed by atoms with Gasteiger partial charge in [0.15, 0.2) is 0 Å². The van der Waals surface area contributed by atoms with E-state index in [0.29, 0.717) is 12.1 Å². The van der Waals surface area contributed by atoms with Crippen LogP contribution in [-0.2, 0) is 13.0 Å². The number of aliphatic hydroxyl groups is 2. The summed E-state index contributed by atoms with van der Waals surface area (Å²) in [6, 6.07) is 3.76. The molecule has 0 saturated carbocycles. The average Bonchev–Trinajstić information content (AvgIpc) is 2.57. The molecule has 2 heterocycles. The molecule has 0 saturated heterocycles. The predicted molar refractivity (Wildman–Crippen MR) is 59.6 cm³/mol. The van der Waals surface area contributed by atoms with Gasteiger partial charge in [0, 0.05) is 23.7 Å². The summed E-state index contributed by atoms with van der Waals surface area (Å²) < 4.78 is 2.82. The molecule has 0 aliphatic heterocycles. The standard InChI is InChI=1S/C10H11BrN2O2/c11-7-1-2-10-12-8(6-15)9(3-4-14)13(10)5-7/h1-2,5,14-15H,3-4,6H2. The van der Waals surface area contributed by atoms with Crippen LogP contribution >= 0.6 is 15.9 Å². The molecule has 0 radical (unpaired) electrons. The van der Waals surface area contributed by atoms with Crippen LogP contribution in [0.1, 0.15) is 11.4 Å². The molecule has 0 bridgehead atoms. The van der Waals surface area contributed by atoms with E-state index >= 15 is 0 Å². The molecule has 15 heavy (non-hydrogen) atoms. The van der Waals surface area contributed by atoms with E-state index in [0.717, 1.165) is 15.8 Å². The molecular weight excluding hydrogens is 260 g/mol. The normalized spacial score (nSPS) is 11.1. The van der Waals surface area contributed by atoms with Crippen molar-refractivity contribution in [2.75, 3.05) is 6.61 Å². The van der Waals surface area contributed by atoms with Gasteiger partial charge in [-0.25, -0.2) is 4.98 Å². The Bertz CT molecular complexity index is 481. The lowest BCUT2D eigenvalue weighted by Gasteiger charge is -2.01. The number of aliphatic hydroxyl groups excluding tert-OH is 2. The third-order valence-electron chi connectivity index (χ3n) is 2.26. The van der Waals surface area contributed by atoms with Crippen LogP contribution in [0.25, 0.3) is 5.65 Å². The molecule has 80 valence electrons. The van der Waals surface area contributed by atoms with E-state index in [1.165, 1.54) is 0 Å². The van der Waals surface area contributed by atoms with Gasteiger partial charge in [0.1, 0.15) is 5.65 Å². The molecule has 0 aliphatic rings. The Kier molecular flexibility index (Phi) is 3.04. The summed E-state index contributed by atoms with van der Waals surface area (Å²) in [4.78, 5) is 4.27. The van der Waals surface area contributed by atoms with E-state index in [1.54, 1.807) is 0 Å². The van der Waals surface area contributed by atoms with E-state index in [9.17, 15) is 0 Å². The second-order valence-electron chi connectivity index (χ2n) is 3.21. The fourth-order valence-corrected chi connectivity index (χ4v) is 1.95. The highest BCUT2D eigenvalue weighted by Gasteiger charge is 2.10. The third kappa shape index (κ3) is 1.90. The van der Waals surface area contributed by atoms with E-state index in [2.05, 4.69) is 20.9 Å². The van der Waals surface area contributed by atoms with Crippen LogP contribution in [0.5, 0.6) is 0 Å². The molecule has 2 aromatic heterocycles. The Morgan fingerprint density at radius 2 is 2.13 bits per heavy atom. The topological polar surface area (TPSA) is 57.8 Å². The first-order valence-electron chi connectivity index (χ1n) is 4.63. The molecule has 2 N–H and O–H groups in total. The molecule has 5 heteroatoms. The zero-order valence-electron chi connectivity index (χ0n) is 8.02. The highest BCUT2D eigenvalue weighted by Crippen LogP contribution is 2.17. The molecule has 2 rings (SSSR count). The van der Waals surface area contributed by atoms with Crippen LogP contribution in [0.4, 0.5) is 0 Å². The minimum absolute atomic E-state index is 0.0489. The molecule has 0 unspecified atom stereocenters. The quantitative estimate of drug-likeness (QED) is 0.879. The number of hydrogen-bond acceptors (Lipinski definition) is 3. The highest BCUT2D eigenvalue weighted by atomic mass is 79.9. The Morgan fingerprint density at radius 1 is 1.33 bits per heavy atom. The van der Waals surface area contributed by atoms with Crippen molar-refractivity contribution in [3.63, 3.8) is 0 Å². The molecule has 4 nitrogen and oxygen atoms in total. The predicted octanol–water partition coefficient (Wildman–Crippen LogP) is 1.12. The Balaban J connectivity index is 2.65. The monoisotopic (exact) mass is 270 g/mol. The van der Waals surface area contributed by atoms with Gasteiger partial charge in [-0.3, -0.25) is 0 Å². The second kappa shape index (κ2) is 4.30. The number of rotatable bonds is 3. The molecule has 0 atom stereocenters. The maximum Gasteiger partial charge on any atom is 0.137 e. The summed E-state index contributed by atoms with van der Waals surface area (Å²) in [6.07, 6.45) is 2.38. The number of halogens is 1. The van der Waals surface area contributed by atoms with E-state index < -0.39 is 0 Å². The molecule has 0 amide bonds. The van der Waals surface area contributed by atoms with Crippen LogP contribution in [0.15, 0.2) is 22.8 Å². The minimum Gasteiger partial charge on any atom is -0.396 e. The lowest BCUT2D eigenvalue weighted by Crippen LogP contribution is -2.00. The van der Waals surface area contributed by atoms with Gasteiger partial charge in [-0.2, -0.15) is 0 Å². The second-order valence-corrected chi connectivity index (χ2v) is 4.13. The Labute approximate surface area is 95.3 Å². The van der Waals surface area contributed by atoms with Crippen molar-refractivity contribution in [2.45, 2.75) is 13.0 Å². The van der Waals surface area contributed by atoms with Crippen molar-refractivity contribution >= 4 is 21.6 Å². The van der Waals surface area contributed by atoms with Crippen LogP contribution in [0.2, 0.25) is 0 Å². The van der Waals surface area contributed by atoms with Crippen molar-refractivity contribution < 1.29 is 10.2 Å². The Hall–Kier alpha value is -0.910. The summed E-state index contributed by atoms with van der Waals surface area (Å²) >= 11 is 3.38. The van der Waals surface area contributed by atoms with Gasteiger partial charge in [-0.05, 0) is 28.1 Å². The summed E-state index contributed by atoms with van der Waals surface area (Å²) in [5.41, 5.74) is 2.27. The van der Waals surface area contributed by atoms with Crippen LogP contribution in [-0.4, -0.2) is 26.2 Å². The largest absolute Gasteiger partial charge is 0.396 e. The number of fused-ring (bicyclic) bond motifs is 1. The van der Waals surface area contributed by atoms with Gasteiger partial charge in [0.05, 0.1) is 18.0 Å². The van der Waals surface area contributed by atoms with Crippen molar-refractivity contribution in [2.24, 2.45) is 0 Å². The van der Waals surface area contributed by atoms with Gasteiger partial charge in [-0.1, -0.05) is 0 Å². The van der Waals surface area contributed by atoms with Crippen molar-refractivity contribution in [3.8, 4) is 0 Å². The zero-order chi connectivity index (χ0) is 10.8. The first-order chi connectivity index (χ1) is 7.26. The summed E-state index contributed by atoms with van der Waals surface area (Å²) in [5.74, 6) is 0.